The van der Waals surface area contributed by atoms with Crippen molar-refractivity contribution in [1.29, 1.82) is 0 Å². The van der Waals surface area contributed by atoms with E-state index >= 15 is 0 Å². The van der Waals surface area contributed by atoms with Gasteiger partial charge in [0.25, 0.3) is 0 Å². The fourth-order valence-corrected chi connectivity index (χ4v) is 1.72. The summed E-state index contributed by atoms with van der Waals surface area (Å²) in [5.41, 5.74) is 6.06. The maximum Gasteiger partial charge on any atom is 0.326 e. The van der Waals surface area contributed by atoms with Crippen molar-refractivity contribution in [2.75, 3.05) is 0 Å². The molecular weight excluding hydrogens is 272 g/mol. The van der Waals surface area contributed by atoms with Gasteiger partial charge in [0.2, 0.25) is 5.91 Å². The van der Waals surface area contributed by atoms with Crippen LogP contribution in [0.5, 0.6) is 5.75 Å². The Labute approximate surface area is 124 Å². The molecule has 6 nitrogen and oxygen atoms in total. The van der Waals surface area contributed by atoms with E-state index in [0.717, 1.165) is 0 Å². The van der Waals surface area contributed by atoms with E-state index in [2.05, 4.69) is 5.32 Å². The number of carboxylic acid groups (broad SMARTS) is 1. The highest BCUT2D eigenvalue weighted by molar-refractivity contribution is 5.87. The molecule has 0 saturated heterocycles. The number of rotatable bonds is 5. The van der Waals surface area contributed by atoms with E-state index in [0.29, 0.717) is 5.56 Å². The van der Waals surface area contributed by atoms with E-state index in [4.69, 9.17) is 5.73 Å². The van der Waals surface area contributed by atoms with Gasteiger partial charge in [-0.15, -0.1) is 0 Å². The number of benzene rings is 1. The molecule has 0 radical (unpaired) electrons. The number of nitrogens with one attached hydrogen (secondary N) is 1. The van der Waals surface area contributed by atoms with Crippen molar-refractivity contribution < 1.29 is 19.8 Å². The van der Waals surface area contributed by atoms with Crippen molar-refractivity contribution in [2.45, 2.75) is 39.3 Å². The molecule has 1 rings (SSSR count). The van der Waals surface area contributed by atoms with Gasteiger partial charge in [-0.25, -0.2) is 4.79 Å². The standard InChI is InChI=1S/C15H22N2O4/c1-15(2,3)12(16)13(19)17-11(14(20)21)8-9-4-6-10(18)7-5-9/h4-7,11-12,18H,8,16H2,1-3H3,(H,17,19)(H,20,21). The molecule has 2 atom stereocenters. The molecule has 0 spiro atoms. The number of hydrogen-bond acceptors (Lipinski definition) is 4. The third kappa shape index (κ3) is 5.07. The van der Waals surface area contributed by atoms with Crippen molar-refractivity contribution in [2.24, 2.45) is 11.1 Å². The summed E-state index contributed by atoms with van der Waals surface area (Å²) >= 11 is 0. The Morgan fingerprint density at radius 3 is 2.19 bits per heavy atom. The van der Waals surface area contributed by atoms with Crippen molar-refractivity contribution >= 4 is 11.9 Å². The lowest BCUT2D eigenvalue weighted by atomic mass is 9.86. The van der Waals surface area contributed by atoms with E-state index < -0.39 is 29.4 Å². The number of phenolic OH excluding ortho intramolecular Hbond substituents is 1. The van der Waals surface area contributed by atoms with Crippen LogP contribution < -0.4 is 11.1 Å². The molecule has 21 heavy (non-hydrogen) atoms. The number of aliphatic carboxylic acids is 1. The van der Waals surface area contributed by atoms with Gasteiger partial charge in [0, 0.05) is 6.42 Å². The SMILES string of the molecule is CC(C)(C)C(N)C(=O)NC(Cc1ccc(O)cc1)C(=O)O. The Morgan fingerprint density at radius 1 is 1.24 bits per heavy atom. The monoisotopic (exact) mass is 294 g/mol. The minimum atomic E-state index is -1.13. The van der Waals surface area contributed by atoms with E-state index in [9.17, 15) is 19.8 Å². The molecule has 116 valence electrons. The number of carbonyl (C=O) groups is 2. The van der Waals surface area contributed by atoms with Crippen molar-refractivity contribution in [3.63, 3.8) is 0 Å². The summed E-state index contributed by atoms with van der Waals surface area (Å²) in [5, 5.41) is 20.9. The molecule has 0 aliphatic carbocycles. The van der Waals surface area contributed by atoms with Gasteiger partial charge >= 0.3 is 5.97 Å². The van der Waals surface area contributed by atoms with Gasteiger partial charge in [0.15, 0.2) is 0 Å². The number of amides is 1. The molecule has 6 heteroatoms. The number of nitrogens with two attached hydrogens (primary N) is 1. The molecule has 1 aromatic rings. The minimum absolute atomic E-state index is 0.101. The van der Waals surface area contributed by atoms with Gasteiger partial charge in [-0.05, 0) is 23.1 Å². The second-order valence-electron chi connectivity index (χ2n) is 6.11. The molecular formula is C15H22N2O4. The van der Waals surface area contributed by atoms with E-state index in [-0.39, 0.29) is 12.2 Å². The minimum Gasteiger partial charge on any atom is -0.508 e. The van der Waals surface area contributed by atoms with Crippen LogP contribution in [0.3, 0.4) is 0 Å². The quantitative estimate of drug-likeness (QED) is 0.644. The summed E-state index contributed by atoms with van der Waals surface area (Å²) in [6.07, 6.45) is 0.123. The second-order valence-corrected chi connectivity index (χ2v) is 6.11. The van der Waals surface area contributed by atoms with Crippen LogP contribution >= 0.6 is 0 Å². The Hall–Kier alpha value is -2.08. The van der Waals surface area contributed by atoms with Crippen LogP contribution in [-0.2, 0) is 16.0 Å². The van der Waals surface area contributed by atoms with Crippen LogP contribution in [0, 0.1) is 5.41 Å². The molecule has 1 aromatic carbocycles. The summed E-state index contributed by atoms with van der Waals surface area (Å²) < 4.78 is 0. The maximum absolute atomic E-state index is 12.0. The third-order valence-corrected chi connectivity index (χ3v) is 3.21. The van der Waals surface area contributed by atoms with E-state index in [1.54, 1.807) is 12.1 Å². The highest BCUT2D eigenvalue weighted by Crippen LogP contribution is 2.18. The maximum atomic E-state index is 12.0. The third-order valence-electron chi connectivity index (χ3n) is 3.21. The van der Waals surface area contributed by atoms with Gasteiger partial charge in [0.05, 0.1) is 6.04 Å². The normalized spacial score (nSPS) is 14.3. The predicted octanol–water partition coefficient (Wildman–Crippen LogP) is 0.877. The highest BCUT2D eigenvalue weighted by Gasteiger charge is 2.30. The molecule has 0 fully saturated rings. The smallest absolute Gasteiger partial charge is 0.326 e. The van der Waals surface area contributed by atoms with Gasteiger partial charge in [-0.1, -0.05) is 32.9 Å². The average molecular weight is 294 g/mol. The van der Waals surface area contributed by atoms with Crippen LogP contribution in [0.15, 0.2) is 24.3 Å². The summed E-state index contributed by atoms with van der Waals surface area (Å²) in [6.45, 7) is 5.44. The lowest BCUT2D eigenvalue weighted by Crippen LogP contribution is -2.53. The summed E-state index contributed by atoms with van der Waals surface area (Å²) in [4.78, 5) is 23.3. The number of phenols is 1. The topological polar surface area (TPSA) is 113 Å². The van der Waals surface area contributed by atoms with Crippen LogP contribution in [0.4, 0.5) is 0 Å². The van der Waals surface area contributed by atoms with Crippen molar-refractivity contribution in [1.82, 2.24) is 5.32 Å². The van der Waals surface area contributed by atoms with E-state index in [1.165, 1.54) is 12.1 Å². The molecule has 5 N–H and O–H groups in total. The molecule has 0 aliphatic heterocycles. The van der Waals surface area contributed by atoms with Gasteiger partial charge in [-0.3, -0.25) is 4.79 Å². The molecule has 0 saturated carbocycles. The first-order valence-electron chi connectivity index (χ1n) is 6.68. The van der Waals surface area contributed by atoms with Crippen LogP contribution in [0.25, 0.3) is 0 Å². The largest absolute Gasteiger partial charge is 0.508 e. The Bertz CT molecular complexity index is 505. The second kappa shape index (κ2) is 6.58. The summed E-state index contributed by atoms with van der Waals surface area (Å²) in [5.74, 6) is -1.52. The van der Waals surface area contributed by atoms with Crippen LogP contribution in [0.2, 0.25) is 0 Å². The molecule has 0 aromatic heterocycles. The zero-order chi connectivity index (χ0) is 16.2. The Balaban J connectivity index is 2.77. The van der Waals surface area contributed by atoms with Crippen molar-refractivity contribution in [3.8, 4) is 5.75 Å². The van der Waals surface area contributed by atoms with Gasteiger partial charge < -0.3 is 21.3 Å². The number of hydrogen-bond donors (Lipinski definition) is 4. The molecule has 0 bridgehead atoms. The number of carbonyl (C=O) groups excluding carboxylic acids is 1. The summed E-state index contributed by atoms with van der Waals surface area (Å²) in [7, 11) is 0. The molecule has 0 aliphatic rings. The fourth-order valence-electron chi connectivity index (χ4n) is 1.72. The number of aromatic hydroxyl groups is 1. The molecule has 0 heterocycles. The van der Waals surface area contributed by atoms with Crippen LogP contribution in [-0.4, -0.2) is 34.2 Å². The lowest BCUT2D eigenvalue weighted by molar-refractivity contribution is -0.142. The van der Waals surface area contributed by atoms with Gasteiger partial charge in [-0.2, -0.15) is 0 Å². The van der Waals surface area contributed by atoms with E-state index in [1.807, 2.05) is 20.8 Å². The highest BCUT2D eigenvalue weighted by atomic mass is 16.4. The van der Waals surface area contributed by atoms with Crippen LogP contribution in [0.1, 0.15) is 26.3 Å². The van der Waals surface area contributed by atoms with Crippen molar-refractivity contribution in [3.05, 3.63) is 29.8 Å². The summed E-state index contributed by atoms with van der Waals surface area (Å²) in [6, 6.07) is 4.31. The zero-order valence-electron chi connectivity index (χ0n) is 12.5. The molecule has 2 unspecified atom stereocenters. The Morgan fingerprint density at radius 2 is 1.76 bits per heavy atom. The molecule has 1 amide bonds. The average Bonchev–Trinajstić information content (AvgIpc) is 2.38. The lowest BCUT2D eigenvalue weighted by Gasteiger charge is -2.27. The first kappa shape index (κ1) is 17.0. The number of carboxylic acids is 1. The predicted molar refractivity (Wildman–Crippen MR) is 78.8 cm³/mol. The zero-order valence-corrected chi connectivity index (χ0v) is 12.5. The first-order valence-corrected chi connectivity index (χ1v) is 6.68. The fraction of sp³-hybridized carbons (Fsp3) is 0.467. The van der Waals surface area contributed by atoms with Gasteiger partial charge in [0.1, 0.15) is 11.8 Å². The Kier molecular flexibility index (Phi) is 5.32. The first-order chi connectivity index (χ1) is 9.61.